The van der Waals surface area contributed by atoms with Gasteiger partial charge in [0.1, 0.15) is 5.82 Å². The van der Waals surface area contributed by atoms with Gasteiger partial charge in [-0.05, 0) is 36.8 Å². The number of benzene rings is 1. The molecule has 0 amide bonds. The Kier molecular flexibility index (Phi) is 4.10. The number of nitrogens with one attached hydrogen (secondary N) is 1. The van der Waals surface area contributed by atoms with Crippen LogP contribution in [0, 0.1) is 5.82 Å². The van der Waals surface area contributed by atoms with Gasteiger partial charge >= 0.3 is 5.97 Å². The number of furan rings is 1. The number of rotatable bonds is 5. The summed E-state index contributed by atoms with van der Waals surface area (Å²) in [6.07, 6.45) is 0. The maximum Gasteiger partial charge on any atom is 0.371 e. The highest BCUT2D eigenvalue weighted by molar-refractivity contribution is 7.89. The molecule has 0 spiro atoms. The van der Waals surface area contributed by atoms with E-state index in [0.717, 1.165) is 12.1 Å². The number of aromatic carboxylic acids is 1. The fraction of sp³-hybridized carbons (Fsp3) is 0.154. The van der Waals surface area contributed by atoms with Crippen molar-refractivity contribution in [1.29, 1.82) is 0 Å². The second-order valence-electron chi connectivity index (χ2n) is 4.32. The second kappa shape index (κ2) is 5.66. The maximum atomic E-state index is 12.8. The normalized spacial score (nSPS) is 13.0. The molecule has 1 aromatic heterocycles. The molecule has 0 aliphatic heterocycles. The van der Waals surface area contributed by atoms with Gasteiger partial charge in [-0.3, -0.25) is 0 Å². The number of hydrogen-bond donors (Lipinski definition) is 2. The minimum atomic E-state index is -4.00. The molecule has 21 heavy (non-hydrogen) atoms. The van der Waals surface area contributed by atoms with Crippen molar-refractivity contribution in [3.8, 4) is 0 Å². The van der Waals surface area contributed by atoms with Crippen LogP contribution in [0.5, 0.6) is 0 Å². The van der Waals surface area contributed by atoms with Crippen LogP contribution in [0.15, 0.2) is 45.9 Å². The highest BCUT2D eigenvalue weighted by atomic mass is 32.2. The van der Waals surface area contributed by atoms with Gasteiger partial charge in [0.05, 0.1) is 0 Å². The van der Waals surface area contributed by atoms with Crippen molar-refractivity contribution < 1.29 is 27.1 Å². The fourth-order valence-electron chi connectivity index (χ4n) is 1.69. The summed E-state index contributed by atoms with van der Waals surface area (Å²) in [5.41, 5.74) is 0.560. The fourth-order valence-corrected chi connectivity index (χ4v) is 2.85. The van der Waals surface area contributed by atoms with Crippen LogP contribution >= 0.6 is 0 Å². The predicted octanol–water partition coefficient (Wildman–Crippen LogP) is 2.16. The molecule has 112 valence electrons. The third-order valence-electron chi connectivity index (χ3n) is 2.76. The van der Waals surface area contributed by atoms with E-state index in [1.165, 1.54) is 24.3 Å². The minimum Gasteiger partial charge on any atom is -0.475 e. The van der Waals surface area contributed by atoms with E-state index < -0.39 is 38.7 Å². The molecule has 2 rings (SSSR count). The molecule has 2 N–H and O–H groups in total. The van der Waals surface area contributed by atoms with Crippen molar-refractivity contribution in [2.75, 3.05) is 0 Å². The van der Waals surface area contributed by atoms with Gasteiger partial charge in [0, 0.05) is 6.04 Å². The molecule has 0 radical (unpaired) electrons. The largest absolute Gasteiger partial charge is 0.475 e. The number of carboxylic acid groups (broad SMARTS) is 1. The van der Waals surface area contributed by atoms with Gasteiger partial charge in [0.2, 0.25) is 10.9 Å². The monoisotopic (exact) mass is 313 g/mol. The van der Waals surface area contributed by atoms with Gasteiger partial charge in [0.15, 0.2) is 0 Å². The zero-order valence-corrected chi connectivity index (χ0v) is 11.7. The SMILES string of the molecule is CC(NS(=O)(=O)c1ccc(C(=O)O)o1)c1ccc(F)cc1. The van der Waals surface area contributed by atoms with E-state index in [2.05, 4.69) is 4.72 Å². The summed E-state index contributed by atoms with van der Waals surface area (Å²) < 4.78 is 44.0. The maximum absolute atomic E-state index is 12.8. The van der Waals surface area contributed by atoms with E-state index in [1.54, 1.807) is 6.92 Å². The third-order valence-corrected chi connectivity index (χ3v) is 4.17. The average molecular weight is 313 g/mol. The van der Waals surface area contributed by atoms with Crippen LogP contribution in [0.1, 0.15) is 29.1 Å². The zero-order valence-electron chi connectivity index (χ0n) is 10.9. The third kappa shape index (κ3) is 3.47. The highest BCUT2D eigenvalue weighted by Gasteiger charge is 2.23. The van der Waals surface area contributed by atoms with E-state index in [-0.39, 0.29) is 0 Å². The molecular weight excluding hydrogens is 301 g/mol. The van der Waals surface area contributed by atoms with Crippen LogP contribution < -0.4 is 4.72 Å². The zero-order chi connectivity index (χ0) is 15.6. The minimum absolute atomic E-state index is 0.425. The number of carboxylic acids is 1. The number of halogens is 1. The molecule has 0 fully saturated rings. The first kappa shape index (κ1) is 15.2. The van der Waals surface area contributed by atoms with Crippen LogP contribution in [0.25, 0.3) is 0 Å². The number of hydrogen-bond acceptors (Lipinski definition) is 4. The lowest BCUT2D eigenvalue weighted by Gasteiger charge is -2.13. The number of sulfonamides is 1. The van der Waals surface area contributed by atoms with Gasteiger partial charge in [-0.2, -0.15) is 0 Å². The Labute approximate surface area is 120 Å². The summed E-state index contributed by atoms with van der Waals surface area (Å²) >= 11 is 0. The Bertz CT molecular complexity index is 751. The smallest absolute Gasteiger partial charge is 0.371 e. The van der Waals surface area contributed by atoms with Crippen LogP contribution in [-0.4, -0.2) is 19.5 Å². The lowest BCUT2D eigenvalue weighted by molar-refractivity contribution is 0.0656. The summed E-state index contributed by atoms with van der Waals surface area (Å²) in [6.45, 7) is 1.58. The molecule has 8 heteroatoms. The Hall–Kier alpha value is -2.19. The van der Waals surface area contributed by atoms with E-state index in [0.29, 0.717) is 5.56 Å². The van der Waals surface area contributed by atoms with Crippen molar-refractivity contribution in [3.05, 3.63) is 53.5 Å². The molecule has 1 heterocycles. The molecule has 1 unspecified atom stereocenters. The number of carbonyl (C=O) groups is 1. The first-order valence-corrected chi connectivity index (χ1v) is 7.39. The molecule has 0 aliphatic rings. The first-order valence-electron chi connectivity index (χ1n) is 5.90. The van der Waals surface area contributed by atoms with Crippen molar-refractivity contribution >= 4 is 16.0 Å². The van der Waals surface area contributed by atoms with Gasteiger partial charge < -0.3 is 9.52 Å². The summed E-state index contributed by atoms with van der Waals surface area (Å²) in [5, 5.41) is 8.21. The van der Waals surface area contributed by atoms with E-state index in [9.17, 15) is 17.6 Å². The van der Waals surface area contributed by atoms with Crippen molar-refractivity contribution in [2.24, 2.45) is 0 Å². The molecule has 1 aromatic carbocycles. The van der Waals surface area contributed by atoms with Crippen molar-refractivity contribution in [2.45, 2.75) is 18.1 Å². The van der Waals surface area contributed by atoms with Crippen LogP contribution in [-0.2, 0) is 10.0 Å². The van der Waals surface area contributed by atoms with E-state index >= 15 is 0 Å². The van der Waals surface area contributed by atoms with Gasteiger partial charge in [-0.1, -0.05) is 12.1 Å². The molecule has 0 bridgehead atoms. The Morgan fingerprint density at radius 3 is 2.38 bits per heavy atom. The summed E-state index contributed by atoms with van der Waals surface area (Å²) in [7, 11) is -4.00. The van der Waals surface area contributed by atoms with Crippen molar-refractivity contribution in [1.82, 2.24) is 4.72 Å². The topological polar surface area (TPSA) is 96.6 Å². The van der Waals surface area contributed by atoms with Crippen molar-refractivity contribution in [3.63, 3.8) is 0 Å². The van der Waals surface area contributed by atoms with Gasteiger partial charge in [-0.25, -0.2) is 22.3 Å². The molecule has 1 atom stereocenters. The Balaban J connectivity index is 2.20. The molecule has 2 aromatic rings. The Morgan fingerprint density at radius 2 is 1.86 bits per heavy atom. The lowest BCUT2D eigenvalue weighted by atomic mass is 10.1. The molecule has 0 aliphatic carbocycles. The van der Waals surface area contributed by atoms with Gasteiger partial charge in [0.25, 0.3) is 10.0 Å². The van der Waals surface area contributed by atoms with E-state index in [4.69, 9.17) is 9.52 Å². The molecule has 6 nitrogen and oxygen atoms in total. The predicted molar refractivity (Wildman–Crippen MR) is 70.8 cm³/mol. The summed E-state index contributed by atoms with van der Waals surface area (Å²) in [6, 6.07) is 6.82. The average Bonchev–Trinajstić information content (AvgIpc) is 2.89. The summed E-state index contributed by atoms with van der Waals surface area (Å²) in [4.78, 5) is 10.7. The molecular formula is C13H12FNO5S. The first-order chi connectivity index (χ1) is 9.79. The molecule has 0 saturated heterocycles. The van der Waals surface area contributed by atoms with Crippen LogP contribution in [0.3, 0.4) is 0 Å². The quantitative estimate of drug-likeness (QED) is 0.881. The summed E-state index contributed by atoms with van der Waals surface area (Å²) in [5.74, 6) is -2.25. The van der Waals surface area contributed by atoms with Crippen LogP contribution in [0.2, 0.25) is 0 Å². The lowest BCUT2D eigenvalue weighted by Crippen LogP contribution is -2.26. The van der Waals surface area contributed by atoms with Crippen LogP contribution in [0.4, 0.5) is 4.39 Å². The Morgan fingerprint density at radius 1 is 1.24 bits per heavy atom. The second-order valence-corrected chi connectivity index (χ2v) is 5.96. The molecule has 0 saturated carbocycles. The highest BCUT2D eigenvalue weighted by Crippen LogP contribution is 2.19. The van der Waals surface area contributed by atoms with Gasteiger partial charge in [-0.15, -0.1) is 0 Å². The standard InChI is InChI=1S/C13H12FNO5S/c1-8(9-2-4-10(14)5-3-9)15-21(18,19)12-7-6-11(20-12)13(16)17/h2-8,15H,1H3,(H,16,17). The van der Waals surface area contributed by atoms with E-state index in [1.807, 2.05) is 0 Å².